The van der Waals surface area contributed by atoms with Gasteiger partial charge in [0.05, 0.1) is 0 Å². The zero-order valence-corrected chi connectivity index (χ0v) is 11.7. The van der Waals surface area contributed by atoms with Gasteiger partial charge < -0.3 is 9.97 Å². The van der Waals surface area contributed by atoms with Gasteiger partial charge in [0.1, 0.15) is 0 Å². The third kappa shape index (κ3) is 2.18. The van der Waals surface area contributed by atoms with Crippen LogP contribution in [0.25, 0.3) is 21.8 Å². The maximum Gasteiger partial charge on any atom is 0.160 e. The van der Waals surface area contributed by atoms with E-state index in [1.165, 1.54) is 0 Å². The fourth-order valence-corrected chi connectivity index (χ4v) is 2.85. The molecule has 0 bridgehead atoms. The summed E-state index contributed by atoms with van der Waals surface area (Å²) in [5.41, 5.74) is 2.45. The number of nitrogens with one attached hydrogen (secondary N) is 2. The number of halogens is 4. The average Bonchev–Trinajstić information content (AvgIpc) is 3.07. The molecule has 2 nitrogen and oxygen atoms in total. The van der Waals surface area contributed by atoms with E-state index < -0.39 is 23.3 Å². The average molecular weight is 318 g/mol. The second-order valence-electron chi connectivity index (χ2n) is 5.43. The first-order valence-electron chi connectivity index (χ1n) is 6.93. The summed E-state index contributed by atoms with van der Waals surface area (Å²) in [5, 5.41) is 1.11. The number of aromatic amines is 2. The summed E-state index contributed by atoms with van der Waals surface area (Å²) in [7, 11) is 0. The molecule has 0 spiro atoms. The number of H-pyrrole nitrogens is 2. The van der Waals surface area contributed by atoms with Gasteiger partial charge >= 0.3 is 0 Å². The summed E-state index contributed by atoms with van der Waals surface area (Å²) in [4.78, 5) is 5.77. The van der Waals surface area contributed by atoms with Crippen molar-refractivity contribution in [3.05, 3.63) is 71.1 Å². The minimum absolute atomic E-state index is 0.371. The highest BCUT2D eigenvalue weighted by atomic mass is 19.2. The van der Waals surface area contributed by atoms with Crippen LogP contribution in [0.15, 0.2) is 36.7 Å². The van der Waals surface area contributed by atoms with E-state index in [2.05, 4.69) is 9.97 Å². The monoisotopic (exact) mass is 318 g/mol. The molecule has 0 amide bonds. The van der Waals surface area contributed by atoms with E-state index in [0.29, 0.717) is 28.2 Å². The van der Waals surface area contributed by atoms with Crippen LogP contribution in [0.2, 0.25) is 0 Å². The van der Waals surface area contributed by atoms with E-state index in [1.807, 2.05) is 0 Å². The number of benzene rings is 2. The smallest absolute Gasteiger partial charge is 0.160 e. The van der Waals surface area contributed by atoms with Crippen molar-refractivity contribution in [3.8, 4) is 0 Å². The molecule has 0 aliphatic heterocycles. The highest BCUT2D eigenvalue weighted by Crippen LogP contribution is 2.27. The largest absolute Gasteiger partial charge is 0.361 e. The predicted molar refractivity (Wildman–Crippen MR) is 79.2 cm³/mol. The Hall–Kier alpha value is -2.76. The Morgan fingerprint density at radius 1 is 0.609 bits per heavy atom. The molecule has 0 radical (unpaired) electrons. The van der Waals surface area contributed by atoms with E-state index in [-0.39, 0.29) is 0 Å². The first-order chi connectivity index (χ1) is 11.0. The number of hydrogen-bond donors (Lipinski definition) is 2. The van der Waals surface area contributed by atoms with Crippen molar-refractivity contribution in [1.82, 2.24) is 9.97 Å². The zero-order chi connectivity index (χ0) is 16.1. The lowest BCUT2D eigenvalue weighted by Crippen LogP contribution is -1.89. The lowest BCUT2D eigenvalue weighted by atomic mass is 10.0. The predicted octanol–water partition coefficient (Wildman–Crippen LogP) is 4.80. The van der Waals surface area contributed by atoms with E-state index in [1.54, 1.807) is 12.4 Å². The molecular formula is C17H10F4N2. The summed E-state index contributed by atoms with van der Waals surface area (Å²) in [6.07, 6.45) is 3.68. The van der Waals surface area contributed by atoms with Crippen molar-refractivity contribution in [1.29, 1.82) is 0 Å². The number of hydrogen-bond acceptors (Lipinski definition) is 0. The molecule has 0 fully saturated rings. The van der Waals surface area contributed by atoms with Gasteiger partial charge in [-0.1, -0.05) is 0 Å². The fraction of sp³-hybridized carbons (Fsp3) is 0.0588. The highest BCUT2D eigenvalue weighted by Gasteiger charge is 2.13. The summed E-state index contributed by atoms with van der Waals surface area (Å²) in [6, 6.07) is 4.45. The molecule has 2 N–H and O–H groups in total. The molecule has 0 atom stereocenters. The van der Waals surface area contributed by atoms with Crippen LogP contribution >= 0.6 is 0 Å². The molecule has 2 aromatic carbocycles. The van der Waals surface area contributed by atoms with Crippen molar-refractivity contribution in [3.63, 3.8) is 0 Å². The second kappa shape index (κ2) is 4.87. The van der Waals surface area contributed by atoms with Gasteiger partial charge in [-0.15, -0.1) is 0 Å². The van der Waals surface area contributed by atoms with E-state index in [9.17, 15) is 17.6 Å². The first-order valence-corrected chi connectivity index (χ1v) is 6.93. The molecule has 23 heavy (non-hydrogen) atoms. The number of rotatable bonds is 2. The molecule has 2 aromatic heterocycles. The van der Waals surface area contributed by atoms with Crippen LogP contribution in [0.1, 0.15) is 11.1 Å². The lowest BCUT2D eigenvalue weighted by Gasteiger charge is -2.01. The molecule has 0 saturated carbocycles. The lowest BCUT2D eigenvalue weighted by molar-refractivity contribution is 0.510. The van der Waals surface area contributed by atoms with Gasteiger partial charge in [-0.25, -0.2) is 17.6 Å². The van der Waals surface area contributed by atoms with Gasteiger partial charge in [0.15, 0.2) is 23.3 Å². The van der Waals surface area contributed by atoms with Crippen LogP contribution in [-0.2, 0) is 6.42 Å². The topological polar surface area (TPSA) is 31.6 Å². The quantitative estimate of drug-likeness (QED) is 0.498. The van der Waals surface area contributed by atoms with Gasteiger partial charge in [-0.05, 0) is 23.3 Å². The van der Waals surface area contributed by atoms with Crippen LogP contribution in [0.5, 0.6) is 0 Å². The Balaban J connectivity index is 1.82. The van der Waals surface area contributed by atoms with Crippen LogP contribution in [0.4, 0.5) is 17.6 Å². The summed E-state index contributed by atoms with van der Waals surface area (Å²) in [6.45, 7) is 0. The van der Waals surface area contributed by atoms with Crippen LogP contribution < -0.4 is 0 Å². The fourth-order valence-electron chi connectivity index (χ4n) is 2.85. The van der Waals surface area contributed by atoms with Crippen molar-refractivity contribution in [2.45, 2.75) is 6.42 Å². The van der Waals surface area contributed by atoms with Crippen LogP contribution in [0.3, 0.4) is 0 Å². The summed E-state index contributed by atoms with van der Waals surface area (Å²) >= 11 is 0. The molecular weight excluding hydrogens is 308 g/mol. The molecule has 4 aromatic rings. The third-order valence-corrected chi connectivity index (χ3v) is 4.00. The van der Waals surface area contributed by atoms with Crippen molar-refractivity contribution in [2.75, 3.05) is 0 Å². The SMILES string of the molecule is Fc1cc2[nH]cc(Cc3c[nH]c4cc(F)c(F)cc34)c2cc1F. The molecule has 2 heterocycles. The van der Waals surface area contributed by atoms with Crippen LogP contribution in [0, 0.1) is 23.3 Å². The maximum atomic E-state index is 13.4. The Morgan fingerprint density at radius 2 is 1.00 bits per heavy atom. The second-order valence-corrected chi connectivity index (χ2v) is 5.43. The molecule has 116 valence electrons. The third-order valence-electron chi connectivity index (χ3n) is 4.00. The highest BCUT2D eigenvalue weighted by molar-refractivity contribution is 5.87. The number of fused-ring (bicyclic) bond motifs is 2. The first kappa shape index (κ1) is 13.9. The molecule has 0 unspecified atom stereocenters. The Bertz CT molecular complexity index is 962. The summed E-state index contributed by atoms with van der Waals surface area (Å²) in [5.74, 6) is -3.69. The van der Waals surface area contributed by atoms with Crippen LogP contribution in [-0.4, -0.2) is 9.97 Å². The minimum Gasteiger partial charge on any atom is -0.361 e. The Labute approximate surface area is 127 Å². The number of aromatic nitrogens is 2. The van der Waals surface area contributed by atoms with Gasteiger partial charge in [-0.2, -0.15) is 0 Å². The van der Waals surface area contributed by atoms with Crippen molar-refractivity contribution in [2.24, 2.45) is 0 Å². The zero-order valence-electron chi connectivity index (χ0n) is 11.7. The van der Waals surface area contributed by atoms with E-state index in [4.69, 9.17) is 0 Å². The molecule has 4 rings (SSSR count). The van der Waals surface area contributed by atoms with Crippen molar-refractivity contribution >= 4 is 21.8 Å². The minimum atomic E-state index is -0.926. The Kier molecular flexibility index (Phi) is 2.94. The molecule has 0 saturated heterocycles. The normalized spacial score (nSPS) is 11.7. The van der Waals surface area contributed by atoms with Gasteiger partial charge in [0.25, 0.3) is 0 Å². The molecule has 6 heteroatoms. The van der Waals surface area contributed by atoms with Crippen molar-refractivity contribution < 1.29 is 17.6 Å². The van der Waals surface area contributed by atoms with E-state index in [0.717, 1.165) is 35.4 Å². The Morgan fingerprint density at radius 3 is 1.43 bits per heavy atom. The maximum absolute atomic E-state index is 13.4. The standard InChI is InChI=1S/C17H10F4N2/c18-12-2-10-8(6-22-16(10)4-14(12)20)1-9-7-23-17-5-15(21)13(19)3-11(9)17/h2-7,22-23H,1H2. The van der Waals surface area contributed by atoms with E-state index >= 15 is 0 Å². The van der Waals surface area contributed by atoms with Gasteiger partial charge in [0.2, 0.25) is 0 Å². The summed E-state index contributed by atoms with van der Waals surface area (Å²) < 4.78 is 53.4. The molecule has 0 aliphatic rings. The molecule has 0 aliphatic carbocycles. The van der Waals surface area contributed by atoms with Gasteiger partial charge in [-0.3, -0.25) is 0 Å². The van der Waals surface area contributed by atoms with Gasteiger partial charge in [0, 0.05) is 52.8 Å².